The van der Waals surface area contributed by atoms with Crippen molar-refractivity contribution in [2.24, 2.45) is 5.73 Å². The number of aromatic amines is 1. The van der Waals surface area contributed by atoms with Crippen molar-refractivity contribution in [2.75, 3.05) is 6.61 Å². The van der Waals surface area contributed by atoms with Crippen LogP contribution in [0.25, 0.3) is 11.1 Å². The number of benzene rings is 1. The number of rotatable bonds is 4. The number of esters is 1. The topological polar surface area (TPSA) is 102 Å². The summed E-state index contributed by atoms with van der Waals surface area (Å²) in [5.74, 6) is -1.51. The molecule has 0 aliphatic heterocycles. The third-order valence-electron chi connectivity index (χ3n) is 3.19. The van der Waals surface area contributed by atoms with Crippen LogP contribution < -0.4 is 11.3 Å². The monoisotopic (exact) mass is 300 g/mol. The largest absolute Gasteiger partial charge is 0.462 e. The number of aryl methyl sites for hydroxylation is 1. The molecule has 0 fully saturated rings. The fraction of sp³-hybridized carbons (Fsp3) is 0.188. The fourth-order valence-corrected chi connectivity index (χ4v) is 2.31. The van der Waals surface area contributed by atoms with Crippen molar-refractivity contribution in [2.45, 2.75) is 13.8 Å². The van der Waals surface area contributed by atoms with E-state index in [9.17, 15) is 14.4 Å². The van der Waals surface area contributed by atoms with Crippen molar-refractivity contribution in [1.29, 1.82) is 0 Å². The molecule has 0 radical (unpaired) electrons. The first-order valence-electron chi connectivity index (χ1n) is 6.76. The van der Waals surface area contributed by atoms with E-state index in [2.05, 4.69) is 4.98 Å². The number of hydrogen-bond donors (Lipinski definition) is 2. The van der Waals surface area contributed by atoms with Gasteiger partial charge in [-0.05, 0) is 19.4 Å². The standard InChI is InChI=1S/C16H16N2O4/c1-3-22-16(21)11-9(2)18-15(20)13(14(17)19)12(11)10-7-5-4-6-8-10/h4-8H,3H2,1-2H3,(H2,17,19)(H,18,20). The Bertz CT molecular complexity index is 779. The summed E-state index contributed by atoms with van der Waals surface area (Å²) in [5, 5.41) is 0. The predicted octanol–water partition coefficient (Wildman–Crippen LogP) is 1.63. The maximum atomic E-state index is 12.2. The average molecular weight is 300 g/mol. The smallest absolute Gasteiger partial charge is 0.340 e. The molecule has 1 aromatic heterocycles. The van der Waals surface area contributed by atoms with Crippen LogP contribution in [0.4, 0.5) is 0 Å². The maximum Gasteiger partial charge on any atom is 0.340 e. The second-order valence-electron chi connectivity index (χ2n) is 4.65. The number of nitrogens with two attached hydrogens (primary N) is 1. The van der Waals surface area contributed by atoms with Crippen LogP contribution in [-0.4, -0.2) is 23.5 Å². The molecule has 1 aromatic carbocycles. The van der Waals surface area contributed by atoms with Crippen molar-refractivity contribution in [3.63, 3.8) is 0 Å². The molecule has 0 atom stereocenters. The van der Waals surface area contributed by atoms with Gasteiger partial charge in [0, 0.05) is 11.3 Å². The van der Waals surface area contributed by atoms with Crippen LogP contribution in [0.1, 0.15) is 33.3 Å². The number of hydrogen-bond acceptors (Lipinski definition) is 4. The molecule has 0 spiro atoms. The molecule has 6 nitrogen and oxygen atoms in total. The molecule has 0 aliphatic carbocycles. The van der Waals surface area contributed by atoms with Crippen LogP contribution in [0.15, 0.2) is 35.1 Å². The summed E-state index contributed by atoms with van der Waals surface area (Å²) in [7, 11) is 0. The molecule has 6 heteroatoms. The zero-order valence-corrected chi connectivity index (χ0v) is 12.3. The molecule has 0 saturated heterocycles. The fourth-order valence-electron chi connectivity index (χ4n) is 2.31. The van der Waals surface area contributed by atoms with Gasteiger partial charge in [0.25, 0.3) is 11.5 Å². The van der Waals surface area contributed by atoms with E-state index < -0.39 is 17.4 Å². The molecule has 22 heavy (non-hydrogen) atoms. The molecule has 3 N–H and O–H groups in total. The summed E-state index contributed by atoms with van der Waals surface area (Å²) in [4.78, 5) is 38.5. The minimum atomic E-state index is -0.898. The van der Waals surface area contributed by atoms with Crippen molar-refractivity contribution in [3.8, 4) is 11.1 Å². The van der Waals surface area contributed by atoms with Gasteiger partial charge >= 0.3 is 5.97 Å². The summed E-state index contributed by atoms with van der Waals surface area (Å²) >= 11 is 0. The van der Waals surface area contributed by atoms with E-state index in [4.69, 9.17) is 10.5 Å². The Morgan fingerprint density at radius 1 is 1.18 bits per heavy atom. The first-order chi connectivity index (χ1) is 10.5. The molecule has 0 bridgehead atoms. The maximum absolute atomic E-state index is 12.2. The number of carbonyl (C=O) groups is 2. The number of H-pyrrole nitrogens is 1. The van der Waals surface area contributed by atoms with E-state index in [1.54, 1.807) is 44.2 Å². The lowest BCUT2D eigenvalue weighted by atomic mass is 9.94. The highest BCUT2D eigenvalue weighted by Crippen LogP contribution is 2.27. The van der Waals surface area contributed by atoms with Gasteiger partial charge in [-0.3, -0.25) is 9.59 Å². The SMILES string of the molecule is CCOC(=O)c1c(C)[nH]c(=O)c(C(N)=O)c1-c1ccccc1. The van der Waals surface area contributed by atoms with Crippen molar-refractivity contribution < 1.29 is 14.3 Å². The van der Waals surface area contributed by atoms with Crippen molar-refractivity contribution in [3.05, 3.63) is 57.5 Å². The number of primary amides is 1. The van der Waals surface area contributed by atoms with Crippen LogP contribution in [-0.2, 0) is 4.74 Å². The minimum absolute atomic E-state index is 0.140. The van der Waals surface area contributed by atoms with Crippen LogP contribution in [0.3, 0.4) is 0 Å². The van der Waals surface area contributed by atoms with E-state index in [1.807, 2.05) is 0 Å². The number of amides is 1. The van der Waals surface area contributed by atoms with Gasteiger partial charge in [0.2, 0.25) is 0 Å². The zero-order valence-electron chi connectivity index (χ0n) is 12.3. The van der Waals surface area contributed by atoms with Gasteiger partial charge in [-0.15, -0.1) is 0 Å². The van der Waals surface area contributed by atoms with Gasteiger partial charge in [0.05, 0.1) is 12.2 Å². The normalized spacial score (nSPS) is 10.3. The van der Waals surface area contributed by atoms with E-state index in [0.29, 0.717) is 11.3 Å². The lowest BCUT2D eigenvalue weighted by Gasteiger charge is -2.14. The lowest BCUT2D eigenvalue weighted by Crippen LogP contribution is -2.28. The molecular weight excluding hydrogens is 284 g/mol. The van der Waals surface area contributed by atoms with Crippen LogP contribution in [0.2, 0.25) is 0 Å². The number of pyridine rings is 1. The molecule has 0 saturated carbocycles. The van der Waals surface area contributed by atoms with Gasteiger partial charge in [-0.2, -0.15) is 0 Å². The Hall–Kier alpha value is -2.89. The van der Waals surface area contributed by atoms with Gasteiger partial charge in [0.1, 0.15) is 5.56 Å². The Morgan fingerprint density at radius 2 is 1.82 bits per heavy atom. The van der Waals surface area contributed by atoms with E-state index >= 15 is 0 Å². The Labute approximate surface area is 126 Å². The number of nitrogens with one attached hydrogen (secondary N) is 1. The minimum Gasteiger partial charge on any atom is -0.462 e. The number of ether oxygens (including phenoxy) is 1. The van der Waals surface area contributed by atoms with Crippen molar-refractivity contribution in [1.82, 2.24) is 4.98 Å². The van der Waals surface area contributed by atoms with Gasteiger partial charge in [-0.1, -0.05) is 30.3 Å². The molecular formula is C16H16N2O4. The molecule has 0 aliphatic rings. The second-order valence-corrected chi connectivity index (χ2v) is 4.65. The summed E-state index contributed by atoms with van der Waals surface area (Å²) in [6.07, 6.45) is 0. The average Bonchev–Trinajstić information content (AvgIpc) is 2.47. The van der Waals surface area contributed by atoms with Gasteiger partial charge in [-0.25, -0.2) is 4.79 Å². The molecule has 1 amide bonds. The van der Waals surface area contributed by atoms with Crippen LogP contribution in [0.5, 0.6) is 0 Å². The summed E-state index contributed by atoms with van der Waals surface area (Å²) in [6, 6.07) is 8.67. The van der Waals surface area contributed by atoms with Gasteiger partial charge < -0.3 is 15.5 Å². The summed E-state index contributed by atoms with van der Waals surface area (Å²) in [5.41, 5.74) is 5.67. The Balaban J connectivity index is 2.89. The van der Waals surface area contributed by atoms with Crippen LogP contribution >= 0.6 is 0 Å². The summed E-state index contributed by atoms with van der Waals surface area (Å²) < 4.78 is 5.03. The van der Waals surface area contributed by atoms with Crippen LogP contribution in [0, 0.1) is 6.92 Å². The Kier molecular flexibility index (Phi) is 4.41. The second kappa shape index (κ2) is 6.26. The highest BCUT2D eigenvalue weighted by Gasteiger charge is 2.25. The van der Waals surface area contributed by atoms with E-state index in [1.165, 1.54) is 0 Å². The number of carbonyl (C=O) groups excluding carboxylic acids is 2. The van der Waals surface area contributed by atoms with E-state index in [0.717, 1.165) is 0 Å². The highest BCUT2D eigenvalue weighted by atomic mass is 16.5. The molecule has 0 unspecified atom stereocenters. The summed E-state index contributed by atoms with van der Waals surface area (Å²) in [6.45, 7) is 3.43. The van der Waals surface area contributed by atoms with Crippen molar-refractivity contribution >= 4 is 11.9 Å². The predicted molar refractivity (Wildman–Crippen MR) is 81.7 cm³/mol. The molecule has 2 rings (SSSR count). The Morgan fingerprint density at radius 3 is 2.36 bits per heavy atom. The first-order valence-corrected chi connectivity index (χ1v) is 6.76. The quantitative estimate of drug-likeness (QED) is 0.837. The first kappa shape index (κ1) is 15.5. The zero-order chi connectivity index (χ0) is 16.3. The van der Waals surface area contributed by atoms with E-state index in [-0.39, 0.29) is 23.3 Å². The van der Waals surface area contributed by atoms with Gasteiger partial charge in [0.15, 0.2) is 0 Å². The molecule has 2 aromatic rings. The third kappa shape index (κ3) is 2.76. The highest BCUT2D eigenvalue weighted by molar-refractivity contribution is 6.07. The third-order valence-corrected chi connectivity index (χ3v) is 3.19. The number of aromatic nitrogens is 1. The molecule has 114 valence electrons. The molecule has 1 heterocycles. The lowest BCUT2D eigenvalue weighted by molar-refractivity contribution is 0.0526.